The SMILES string of the molecule is CC1(C)CCCN(C(=O)CCOc2ccc(N)cc2)C1. The Kier molecular flexibility index (Phi) is 4.53. The fourth-order valence-electron chi connectivity index (χ4n) is 2.61. The Morgan fingerprint density at radius 3 is 2.70 bits per heavy atom. The van der Waals surface area contributed by atoms with Crippen LogP contribution in [0.5, 0.6) is 5.75 Å². The minimum atomic E-state index is 0.188. The maximum absolute atomic E-state index is 12.2. The number of piperidine rings is 1. The summed E-state index contributed by atoms with van der Waals surface area (Å²) < 4.78 is 5.57. The molecule has 0 radical (unpaired) electrons. The molecule has 0 aliphatic carbocycles. The van der Waals surface area contributed by atoms with E-state index in [9.17, 15) is 4.79 Å². The molecule has 4 nitrogen and oxygen atoms in total. The molecule has 1 aromatic rings. The van der Waals surface area contributed by atoms with E-state index in [1.54, 1.807) is 12.1 Å². The number of benzene rings is 1. The molecule has 1 aliphatic rings. The van der Waals surface area contributed by atoms with E-state index in [2.05, 4.69) is 13.8 Å². The van der Waals surface area contributed by atoms with Gasteiger partial charge in [-0.05, 0) is 42.5 Å². The second-order valence-corrected chi connectivity index (χ2v) is 6.25. The molecule has 1 amide bonds. The minimum absolute atomic E-state index is 0.188. The summed E-state index contributed by atoms with van der Waals surface area (Å²) in [5.41, 5.74) is 6.56. The van der Waals surface area contributed by atoms with Crippen molar-refractivity contribution in [3.63, 3.8) is 0 Å². The largest absolute Gasteiger partial charge is 0.493 e. The van der Waals surface area contributed by atoms with Crippen LogP contribution in [-0.4, -0.2) is 30.5 Å². The molecule has 2 N–H and O–H groups in total. The van der Waals surface area contributed by atoms with Gasteiger partial charge in [-0.25, -0.2) is 0 Å². The summed E-state index contributed by atoms with van der Waals surface area (Å²) in [4.78, 5) is 14.1. The van der Waals surface area contributed by atoms with Crippen molar-refractivity contribution in [1.82, 2.24) is 4.90 Å². The molecule has 1 heterocycles. The lowest BCUT2D eigenvalue weighted by atomic mass is 9.84. The highest BCUT2D eigenvalue weighted by atomic mass is 16.5. The Morgan fingerprint density at radius 1 is 1.35 bits per heavy atom. The monoisotopic (exact) mass is 276 g/mol. The van der Waals surface area contributed by atoms with Crippen molar-refractivity contribution in [2.45, 2.75) is 33.1 Å². The second kappa shape index (κ2) is 6.16. The van der Waals surface area contributed by atoms with Gasteiger partial charge >= 0.3 is 0 Å². The average Bonchev–Trinajstić information content (AvgIpc) is 2.40. The van der Waals surface area contributed by atoms with Crippen LogP contribution in [-0.2, 0) is 4.79 Å². The zero-order valence-corrected chi connectivity index (χ0v) is 12.4. The number of rotatable bonds is 4. The summed E-state index contributed by atoms with van der Waals surface area (Å²) in [6.07, 6.45) is 2.72. The first-order chi connectivity index (χ1) is 9.46. The highest BCUT2D eigenvalue weighted by Crippen LogP contribution is 2.28. The molecule has 20 heavy (non-hydrogen) atoms. The number of hydrogen-bond donors (Lipinski definition) is 1. The van der Waals surface area contributed by atoms with Gasteiger partial charge in [0.05, 0.1) is 13.0 Å². The highest BCUT2D eigenvalue weighted by Gasteiger charge is 2.28. The van der Waals surface area contributed by atoms with Crippen molar-refractivity contribution in [2.75, 3.05) is 25.4 Å². The molecular weight excluding hydrogens is 252 g/mol. The number of nitrogen functional groups attached to an aromatic ring is 1. The molecule has 1 aromatic carbocycles. The predicted molar refractivity (Wildman–Crippen MR) is 80.6 cm³/mol. The van der Waals surface area contributed by atoms with E-state index >= 15 is 0 Å². The normalized spacial score (nSPS) is 17.8. The molecule has 1 saturated heterocycles. The van der Waals surface area contributed by atoms with Gasteiger partial charge in [0.15, 0.2) is 0 Å². The number of hydrogen-bond acceptors (Lipinski definition) is 3. The maximum atomic E-state index is 12.2. The van der Waals surface area contributed by atoms with E-state index < -0.39 is 0 Å². The Hall–Kier alpha value is -1.71. The van der Waals surface area contributed by atoms with Gasteiger partial charge in [-0.15, -0.1) is 0 Å². The Labute approximate surface area is 120 Å². The molecule has 2 rings (SSSR count). The van der Waals surface area contributed by atoms with Crippen LogP contribution in [0.4, 0.5) is 5.69 Å². The second-order valence-electron chi connectivity index (χ2n) is 6.25. The summed E-state index contributed by atoms with van der Waals surface area (Å²) in [7, 11) is 0. The quantitative estimate of drug-likeness (QED) is 0.860. The van der Waals surface area contributed by atoms with Crippen LogP contribution in [0.3, 0.4) is 0 Å². The molecule has 0 unspecified atom stereocenters. The number of anilines is 1. The average molecular weight is 276 g/mol. The zero-order valence-electron chi connectivity index (χ0n) is 12.4. The first kappa shape index (κ1) is 14.7. The van der Waals surface area contributed by atoms with Crippen molar-refractivity contribution in [2.24, 2.45) is 5.41 Å². The summed E-state index contributed by atoms with van der Waals surface area (Å²) >= 11 is 0. The van der Waals surface area contributed by atoms with E-state index in [-0.39, 0.29) is 11.3 Å². The summed E-state index contributed by atoms with van der Waals surface area (Å²) in [6.45, 7) is 6.59. The lowest BCUT2D eigenvalue weighted by Gasteiger charge is -2.38. The van der Waals surface area contributed by atoms with E-state index in [4.69, 9.17) is 10.5 Å². The van der Waals surface area contributed by atoms with Gasteiger partial charge in [0.1, 0.15) is 5.75 Å². The van der Waals surface area contributed by atoms with E-state index in [1.807, 2.05) is 17.0 Å². The predicted octanol–water partition coefficient (Wildman–Crippen LogP) is 2.69. The number of ether oxygens (including phenoxy) is 1. The number of likely N-dealkylation sites (tertiary alicyclic amines) is 1. The Bertz CT molecular complexity index is 454. The number of nitrogens with two attached hydrogens (primary N) is 1. The van der Waals surface area contributed by atoms with Gasteiger partial charge in [-0.2, -0.15) is 0 Å². The molecule has 1 fully saturated rings. The lowest BCUT2D eigenvalue weighted by Crippen LogP contribution is -2.43. The first-order valence-corrected chi connectivity index (χ1v) is 7.22. The van der Waals surface area contributed by atoms with E-state index in [0.29, 0.717) is 18.7 Å². The Balaban J connectivity index is 1.76. The maximum Gasteiger partial charge on any atom is 0.226 e. The van der Waals surface area contributed by atoms with Gasteiger partial charge in [-0.1, -0.05) is 13.8 Å². The molecular formula is C16H24N2O2. The molecule has 1 aliphatic heterocycles. The van der Waals surface area contributed by atoms with Crippen LogP contribution in [0.25, 0.3) is 0 Å². The van der Waals surface area contributed by atoms with Crippen molar-refractivity contribution in [3.05, 3.63) is 24.3 Å². The third-order valence-corrected chi connectivity index (χ3v) is 3.72. The number of amides is 1. The molecule has 0 atom stereocenters. The van der Waals surface area contributed by atoms with Gasteiger partial charge in [0.25, 0.3) is 0 Å². The molecule has 0 spiro atoms. The van der Waals surface area contributed by atoms with Gasteiger partial charge in [0, 0.05) is 18.8 Å². The third kappa shape index (κ3) is 4.15. The van der Waals surface area contributed by atoms with Gasteiger partial charge < -0.3 is 15.4 Å². The Morgan fingerprint density at radius 2 is 2.05 bits per heavy atom. The molecule has 110 valence electrons. The molecule has 0 bridgehead atoms. The number of carbonyl (C=O) groups is 1. The van der Waals surface area contributed by atoms with Gasteiger partial charge in [-0.3, -0.25) is 4.79 Å². The van der Waals surface area contributed by atoms with Crippen molar-refractivity contribution < 1.29 is 9.53 Å². The van der Waals surface area contributed by atoms with E-state index in [1.165, 1.54) is 6.42 Å². The third-order valence-electron chi connectivity index (χ3n) is 3.72. The first-order valence-electron chi connectivity index (χ1n) is 7.22. The topological polar surface area (TPSA) is 55.6 Å². The summed E-state index contributed by atoms with van der Waals surface area (Å²) in [6, 6.07) is 7.24. The molecule has 0 saturated carbocycles. The summed E-state index contributed by atoms with van der Waals surface area (Å²) in [5, 5.41) is 0. The fraction of sp³-hybridized carbons (Fsp3) is 0.562. The zero-order chi connectivity index (χ0) is 14.6. The van der Waals surface area contributed by atoms with Crippen molar-refractivity contribution in [1.29, 1.82) is 0 Å². The van der Waals surface area contributed by atoms with Gasteiger partial charge in [0.2, 0.25) is 5.91 Å². The number of carbonyl (C=O) groups excluding carboxylic acids is 1. The summed E-state index contributed by atoms with van der Waals surface area (Å²) in [5.74, 6) is 0.944. The van der Waals surface area contributed by atoms with Crippen LogP contribution >= 0.6 is 0 Å². The lowest BCUT2D eigenvalue weighted by molar-refractivity contribution is -0.134. The van der Waals surface area contributed by atoms with Crippen LogP contribution in [0.2, 0.25) is 0 Å². The van der Waals surface area contributed by atoms with Crippen molar-refractivity contribution in [3.8, 4) is 5.75 Å². The van der Waals surface area contributed by atoms with E-state index in [0.717, 1.165) is 25.3 Å². The van der Waals surface area contributed by atoms with Crippen LogP contribution < -0.4 is 10.5 Å². The number of nitrogens with zero attached hydrogens (tertiary/aromatic N) is 1. The smallest absolute Gasteiger partial charge is 0.226 e. The fourth-order valence-corrected chi connectivity index (χ4v) is 2.61. The molecule has 4 heteroatoms. The van der Waals surface area contributed by atoms with Crippen LogP contribution in [0.15, 0.2) is 24.3 Å². The standard InChI is InChI=1S/C16H24N2O2/c1-16(2)9-3-10-18(12-16)15(19)8-11-20-14-6-4-13(17)5-7-14/h4-7H,3,8-12,17H2,1-2H3. The minimum Gasteiger partial charge on any atom is -0.493 e. The van der Waals surface area contributed by atoms with Crippen LogP contribution in [0.1, 0.15) is 33.1 Å². The van der Waals surface area contributed by atoms with Crippen LogP contribution in [0, 0.1) is 5.41 Å². The molecule has 0 aromatic heterocycles. The highest BCUT2D eigenvalue weighted by molar-refractivity contribution is 5.76. The van der Waals surface area contributed by atoms with Crippen molar-refractivity contribution >= 4 is 11.6 Å².